The fraction of sp³-hybridized carbons (Fsp3) is 0.440. The van der Waals surface area contributed by atoms with E-state index in [0.29, 0.717) is 24.6 Å². The second-order valence-electron chi connectivity index (χ2n) is 8.35. The number of nitrogens with zero attached hydrogens (tertiary/aromatic N) is 2. The number of piperidine rings is 1. The van der Waals surface area contributed by atoms with E-state index < -0.39 is 0 Å². The van der Waals surface area contributed by atoms with Crippen LogP contribution in [0.1, 0.15) is 41.6 Å². The predicted octanol–water partition coefficient (Wildman–Crippen LogP) is 4.24. The van der Waals surface area contributed by atoms with Crippen LogP contribution in [0, 0.1) is 5.92 Å². The van der Waals surface area contributed by atoms with Crippen molar-refractivity contribution >= 4 is 24.1 Å². The van der Waals surface area contributed by atoms with E-state index in [-0.39, 0.29) is 30.0 Å². The highest BCUT2D eigenvalue weighted by Gasteiger charge is 2.35. The van der Waals surface area contributed by atoms with E-state index in [1.807, 2.05) is 35.2 Å². The van der Waals surface area contributed by atoms with Crippen molar-refractivity contribution in [2.75, 3.05) is 26.2 Å². The van der Waals surface area contributed by atoms with Crippen LogP contribution in [-0.4, -0.2) is 53.7 Å². The number of halogens is 1. The molecule has 2 atom stereocenters. The lowest BCUT2D eigenvalue weighted by molar-refractivity contribution is -0.128. The van der Waals surface area contributed by atoms with Gasteiger partial charge in [-0.25, -0.2) is 0 Å². The zero-order valence-corrected chi connectivity index (χ0v) is 18.2. The normalized spacial score (nSPS) is 22.0. The summed E-state index contributed by atoms with van der Waals surface area (Å²) in [5, 5.41) is 0. The molecule has 4 rings (SSSR count). The van der Waals surface area contributed by atoms with Crippen LogP contribution < -0.4 is 0 Å². The molecule has 0 aromatic heterocycles. The maximum absolute atomic E-state index is 12.7. The minimum atomic E-state index is -0.202. The molecule has 0 N–H and O–H groups in total. The van der Waals surface area contributed by atoms with Crippen molar-refractivity contribution in [1.82, 2.24) is 9.80 Å². The first kappa shape index (κ1) is 22.5. The Kier molecular flexibility index (Phi) is 8.06. The Labute approximate surface area is 185 Å². The third-order valence-corrected chi connectivity index (χ3v) is 6.36. The number of benzene rings is 2. The maximum Gasteiger partial charge on any atom is 0.223 e. The zero-order chi connectivity index (χ0) is 20.1. The van der Waals surface area contributed by atoms with Gasteiger partial charge in [0.05, 0.1) is 0 Å². The SMILES string of the molecule is Cl.O=C(c1ccccc1)C1CC(=O)N(CCN2CCCCC2Cc2ccccc2)C1. The number of rotatable bonds is 7. The Balaban J connectivity index is 0.00000256. The number of amides is 1. The van der Waals surface area contributed by atoms with Crippen LogP contribution in [0.4, 0.5) is 0 Å². The van der Waals surface area contributed by atoms with Gasteiger partial charge in [0.1, 0.15) is 0 Å². The van der Waals surface area contributed by atoms with Gasteiger partial charge in [0.2, 0.25) is 5.91 Å². The van der Waals surface area contributed by atoms with Crippen LogP contribution in [0.25, 0.3) is 0 Å². The molecule has 2 unspecified atom stereocenters. The van der Waals surface area contributed by atoms with Gasteiger partial charge in [-0.3, -0.25) is 14.5 Å². The van der Waals surface area contributed by atoms with E-state index in [1.165, 1.54) is 24.8 Å². The first-order valence-electron chi connectivity index (χ1n) is 10.9. The second-order valence-corrected chi connectivity index (χ2v) is 8.35. The summed E-state index contributed by atoms with van der Waals surface area (Å²) in [5.41, 5.74) is 2.10. The molecule has 2 fully saturated rings. The Bertz CT molecular complexity index is 828. The van der Waals surface area contributed by atoms with Gasteiger partial charge in [0.15, 0.2) is 5.78 Å². The summed E-state index contributed by atoms with van der Waals surface area (Å²) in [4.78, 5) is 29.7. The van der Waals surface area contributed by atoms with E-state index in [2.05, 4.69) is 35.2 Å². The van der Waals surface area contributed by atoms with Crippen LogP contribution in [0.15, 0.2) is 60.7 Å². The Hall–Kier alpha value is -2.17. The number of likely N-dealkylation sites (tertiary alicyclic amines) is 2. The number of Topliss-reactive ketones (excluding diaryl/α,β-unsaturated/α-hetero) is 1. The predicted molar refractivity (Wildman–Crippen MR) is 122 cm³/mol. The number of ketones is 1. The molecular weight excluding hydrogens is 396 g/mol. The molecule has 160 valence electrons. The molecule has 2 aromatic rings. The summed E-state index contributed by atoms with van der Waals surface area (Å²) in [5.74, 6) is 0.0173. The van der Waals surface area contributed by atoms with Crippen LogP contribution in [0.5, 0.6) is 0 Å². The highest BCUT2D eigenvalue weighted by molar-refractivity contribution is 6.01. The maximum atomic E-state index is 12.7. The molecule has 2 aromatic carbocycles. The van der Waals surface area contributed by atoms with Gasteiger partial charge >= 0.3 is 0 Å². The molecule has 2 heterocycles. The first-order valence-corrected chi connectivity index (χ1v) is 10.9. The first-order chi connectivity index (χ1) is 14.2. The van der Waals surface area contributed by atoms with E-state index in [9.17, 15) is 9.59 Å². The smallest absolute Gasteiger partial charge is 0.223 e. The lowest BCUT2D eigenvalue weighted by atomic mass is 9.95. The summed E-state index contributed by atoms with van der Waals surface area (Å²) in [6.45, 7) is 3.29. The monoisotopic (exact) mass is 426 g/mol. The van der Waals surface area contributed by atoms with Crippen LogP contribution in [0.3, 0.4) is 0 Å². The largest absolute Gasteiger partial charge is 0.341 e. The standard InChI is InChI=1S/C25H30N2O2.ClH/c28-24-18-22(25(29)21-11-5-2-6-12-21)19-27(24)16-15-26-14-8-7-13-23(26)17-20-9-3-1-4-10-20;/h1-6,9-12,22-23H,7-8,13-19H2;1H. The summed E-state index contributed by atoms with van der Waals surface area (Å²) in [7, 11) is 0. The highest BCUT2D eigenvalue weighted by Crippen LogP contribution is 2.24. The third kappa shape index (κ3) is 5.50. The molecular formula is C25H31ClN2O2. The van der Waals surface area contributed by atoms with Crippen molar-refractivity contribution in [3.8, 4) is 0 Å². The van der Waals surface area contributed by atoms with E-state index >= 15 is 0 Å². The second kappa shape index (κ2) is 10.7. The van der Waals surface area contributed by atoms with Crippen molar-refractivity contribution in [2.45, 2.75) is 38.1 Å². The molecule has 0 saturated carbocycles. The van der Waals surface area contributed by atoms with Crippen LogP contribution in [-0.2, 0) is 11.2 Å². The average molecular weight is 427 g/mol. The van der Waals surface area contributed by atoms with Crippen molar-refractivity contribution in [2.24, 2.45) is 5.92 Å². The number of hydrogen-bond acceptors (Lipinski definition) is 3. The number of carbonyl (C=O) groups is 2. The molecule has 2 aliphatic heterocycles. The summed E-state index contributed by atoms with van der Waals surface area (Å²) < 4.78 is 0. The van der Waals surface area contributed by atoms with Crippen molar-refractivity contribution in [1.29, 1.82) is 0 Å². The fourth-order valence-corrected chi connectivity index (χ4v) is 4.72. The highest BCUT2D eigenvalue weighted by atomic mass is 35.5. The zero-order valence-electron chi connectivity index (χ0n) is 17.4. The molecule has 5 heteroatoms. The summed E-state index contributed by atoms with van der Waals surface area (Å²) in [6.07, 6.45) is 5.15. The van der Waals surface area contributed by atoms with Crippen molar-refractivity contribution < 1.29 is 9.59 Å². The average Bonchev–Trinajstić information content (AvgIpc) is 3.14. The summed E-state index contributed by atoms with van der Waals surface area (Å²) in [6, 6.07) is 20.6. The molecule has 4 nitrogen and oxygen atoms in total. The van der Waals surface area contributed by atoms with E-state index in [1.54, 1.807) is 0 Å². The lowest BCUT2D eigenvalue weighted by Gasteiger charge is -2.37. The molecule has 1 amide bonds. The Morgan fingerprint density at radius 1 is 0.933 bits per heavy atom. The van der Waals surface area contributed by atoms with Crippen molar-refractivity contribution in [3.63, 3.8) is 0 Å². The van der Waals surface area contributed by atoms with Gasteiger partial charge in [-0.05, 0) is 31.4 Å². The third-order valence-electron chi connectivity index (χ3n) is 6.36. The quantitative estimate of drug-likeness (QED) is 0.622. The van der Waals surface area contributed by atoms with Crippen molar-refractivity contribution in [3.05, 3.63) is 71.8 Å². The molecule has 0 bridgehead atoms. The van der Waals surface area contributed by atoms with Gasteiger partial charge in [-0.15, -0.1) is 12.4 Å². The Morgan fingerprint density at radius 2 is 1.63 bits per heavy atom. The minimum Gasteiger partial charge on any atom is -0.341 e. The van der Waals surface area contributed by atoms with Gasteiger partial charge < -0.3 is 4.90 Å². The lowest BCUT2D eigenvalue weighted by Crippen LogP contribution is -2.45. The van der Waals surface area contributed by atoms with Gasteiger partial charge in [0.25, 0.3) is 0 Å². The molecule has 2 aliphatic rings. The number of carbonyl (C=O) groups excluding carboxylic acids is 2. The topological polar surface area (TPSA) is 40.6 Å². The van der Waals surface area contributed by atoms with Crippen LogP contribution >= 0.6 is 12.4 Å². The minimum absolute atomic E-state index is 0. The fourth-order valence-electron chi connectivity index (χ4n) is 4.72. The molecule has 0 radical (unpaired) electrons. The molecule has 0 spiro atoms. The van der Waals surface area contributed by atoms with Gasteiger partial charge in [-0.2, -0.15) is 0 Å². The molecule has 2 saturated heterocycles. The molecule has 30 heavy (non-hydrogen) atoms. The summed E-state index contributed by atoms with van der Waals surface area (Å²) >= 11 is 0. The Morgan fingerprint density at radius 3 is 2.37 bits per heavy atom. The van der Waals surface area contributed by atoms with E-state index in [4.69, 9.17) is 0 Å². The van der Waals surface area contributed by atoms with Gasteiger partial charge in [-0.1, -0.05) is 67.1 Å². The number of hydrogen-bond donors (Lipinski definition) is 0. The van der Waals surface area contributed by atoms with Gasteiger partial charge in [0, 0.05) is 43.6 Å². The van der Waals surface area contributed by atoms with E-state index in [0.717, 1.165) is 26.1 Å². The van der Waals surface area contributed by atoms with Crippen LogP contribution in [0.2, 0.25) is 0 Å². The molecule has 0 aliphatic carbocycles.